The third-order valence-corrected chi connectivity index (χ3v) is 3.67. The Hall–Kier alpha value is -3.21. The standard InChI is InChI=1S/C19H18N4O/c1-14-8-10-15(11-9-14)22-19(24)17-12-21-18(13-20-17)23(2)16-6-4-3-5-7-16/h3-13H,1-2H3,(H,22,24). The summed E-state index contributed by atoms with van der Waals surface area (Å²) in [6.07, 6.45) is 3.08. The van der Waals surface area contributed by atoms with Crippen LogP contribution in [0.2, 0.25) is 0 Å². The Morgan fingerprint density at radius 3 is 2.29 bits per heavy atom. The van der Waals surface area contributed by atoms with Crippen molar-refractivity contribution in [2.45, 2.75) is 6.92 Å². The van der Waals surface area contributed by atoms with Crippen LogP contribution in [0.1, 0.15) is 16.1 Å². The Balaban J connectivity index is 1.72. The third-order valence-electron chi connectivity index (χ3n) is 3.67. The first-order valence-corrected chi connectivity index (χ1v) is 7.62. The number of para-hydroxylation sites is 1. The van der Waals surface area contributed by atoms with Crippen LogP contribution in [0.15, 0.2) is 67.0 Å². The second-order valence-corrected chi connectivity index (χ2v) is 5.47. The van der Waals surface area contributed by atoms with E-state index in [4.69, 9.17) is 0 Å². The number of anilines is 3. The van der Waals surface area contributed by atoms with E-state index in [1.165, 1.54) is 6.20 Å². The molecule has 5 nitrogen and oxygen atoms in total. The highest BCUT2D eigenvalue weighted by Gasteiger charge is 2.10. The molecule has 5 heteroatoms. The second-order valence-electron chi connectivity index (χ2n) is 5.47. The Morgan fingerprint density at radius 2 is 1.67 bits per heavy atom. The van der Waals surface area contributed by atoms with Gasteiger partial charge in [0.25, 0.3) is 5.91 Å². The Kier molecular flexibility index (Phi) is 4.52. The maximum absolute atomic E-state index is 12.2. The Labute approximate surface area is 141 Å². The van der Waals surface area contributed by atoms with Gasteiger partial charge in [0.05, 0.1) is 12.4 Å². The fourth-order valence-electron chi connectivity index (χ4n) is 2.23. The second kappa shape index (κ2) is 6.91. The van der Waals surface area contributed by atoms with Crippen molar-refractivity contribution in [1.82, 2.24) is 9.97 Å². The quantitative estimate of drug-likeness (QED) is 0.795. The molecule has 1 aromatic heterocycles. The molecule has 1 heterocycles. The van der Waals surface area contributed by atoms with Gasteiger partial charge in [-0.3, -0.25) is 4.79 Å². The van der Waals surface area contributed by atoms with Gasteiger partial charge in [0.1, 0.15) is 5.69 Å². The van der Waals surface area contributed by atoms with Crippen molar-refractivity contribution in [3.63, 3.8) is 0 Å². The summed E-state index contributed by atoms with van der Waals surface area (Å²) in [6, 6.07) is 17.5. The van der Waals surface area contributed by atoms with Gasteiger partial charge in [-0.2, -0.15) is 0 Å². The first kappa shape index (κ1) is 15.7. The lowest BCUT2D eigenvalue weighted by Crippen LogP contribution is -2.16. The largest absolute Gasteiger partial charge is 0.328 e. The SMILES string of the molecule is Cc1ccc(NC(=O)c2cnc(N(C)c3ccccc3)cn2)cc1. The minimum Gasteiger partial charge on any atom is -0.328 e. The van der Waals surface area contributed by atoms with E-state index >= 15 is 0 Å². The summed E-state index contributed by atoms with van der Waals surface area (Å²) >= 11 is 0. The molecule has 0 aliphatic carbocycles. The Bertz CT molecular complexity index is 814. The van der Waals surface area contributed by atoms with Gasteiger partial charge < -0.3 is 10.2 Å². The van der Waals surface area contributed by atoms with Crippen molar-refractivity contribution in [2.24, 2.45) is 0 Å². The number of carbonyl (C=O) groups excluding carboxylic acids is 1. The molecule has 2 aromatic carbocycles. The lowest BCUT2D eigenvalue weighted by molar-refractivity contribution is 0.102. The number of aromatic nitrogens is 2. The van der Waals surface area contributed by atoms with E-state index in [0.717, 1.165) is 16.9 Å². The van der Waals surface area contributed by atoms with Crippen LogP contribution < -0.4 is 10.2 Å². The molecular formula is C19H18N4O. The first-order chi connectivity index (χ1) is 11.6. The molecule has 0 radical (unpaired) electrons. The average molecular weight is 318 g/mol. The van der Waals surface area contributed by atoms with E-state index in [1.54, 1.807) is 6.20 Å². The molecular weight excluding hydrogens is 300 g/mol. The summed E-state index contributed by atoms with van der Waals surface area (Å²) < 4.78 is 0. The molecule has 120 valence electrons. The van der Waals surface area contributed by atoms with Crippen LogP contribution in [0.3, 0.4) is 0 Å². The number of hydrogen-bond donors (Lipinski definition) is 1. The minimum atomic E-state index is -0.278. The molecule has 3 aromatic rings. The lowest BCUT2D eigenvalue weighted by atomic mass is 10.2. The zero-order valence-electron chi connectivity index (χ0n) is 13.6. The first-order valence-electron chi connectivity index (χ1n) is 7.62. The van der Waals surface area contributed by atoms with Crippen LogP contribution in [0.4, 0.5) is 17.2 Å². The summed E-state index contributed by atoms with van der Waals surface area (Å²) in [7, 11) is 1.91. The van der Waals surface area contributed by atoms with Crippen LogP contribution in [0.25, 0.3) is 0 Å². The van der Waals surface area contributed by atoms with Crippen molar-refractivity contribution in [3.05, 3.63) is 78.2 Å². The number of nitrogens with zero attached hydrogens (tertiary/aromatic N) is 3. The van der Waals surface area contributed by atoms with E-state index < -0.39 is 0 Å². The van der Waals surface area contributed by atoms with Gasteiger partial charge in [0.15, 0.2) is 5.82 Å². The molecule has 0 bridgehead atoms. The van der Waals surface area contributed by atoms with Gasteiger partial charge in [-0.25, -0.2) is 9.97 Å². The predicted octanol–water partition coefficient (Wildman–Crippen LogP) is 3.81. The van der Waals surface area contributed by atoms with Crippen LogP contribution in [-0.2, 0) is 0 Å². The van der Waals surface area contributed by atoms with Gasteiger partial charge in [-0.15, -0.1) is 0 Å². The zero-order valence-corrected chi connectivity index (χ0v) is 13.6. The van der Waals surface area contributed by atoms with Crippen LogP contribution in [0.5, 0.6) is 0 Å². The van der Waals surface area contributed by atoms with Gasteiger partial charge in [0.2, 0.25) is 0 Å². The van der Waals surface area contributed by atoms with Crippen LogP contribution in [0, 0.1) is 6.92 Å². The summed E-state index contributed by atoms with van der Waals surface area (Å²) in [6.45, 7) is 2.00. The number of amides is 1. The smallest absolute Gasteiger partial charge is 0.275 e. The number of benzene rings is 2. The fourth-order valence-corrected chi connectivity index (χ4v) is 2.23. The summed E-state index contributed by atoms with van der Waals surface area (Å²) in [4.78, 5) is 22.7. The van der Waals surface area contributed by atoms with Gasteiger partial charge in [0, 0.05) is 18.4 Å². The highest BCUT2D eigenvalue weighted by molar-refractivity contribution is 6.02. The van der Waals surface area contributed by atoms with E-state index in [-0.39, 0.29) is 11.6 Å². The van der Waals surface area contributed by atoms with Crippen LogP contribution >= 0.6 is 0 Å². The number of nitrogens with one attached hydrogen (secondary N) is 1. The van der Waals surface area contributed by atoms with Crippen LogP contribution in [-0.4, -0.2) is 22.9 Å². The molecule has 3 rings (SSSR count). The average Bonchev–Trinajstić information content (AvgIpc) is 2.64. The monoisotopic (exact) mass is 318 g/mol. The summed E-state index contributed by atoms with van der Waals surface area (Å²) in [5.74, 6) is 0.397. The molecule has 0 saturated carbocycles. The maximum Gasteiger partial charge on any atom is 0.275 e. The van der Waals surface area contributed by atoms with Crippen molar-refractivity contribution in [2.75, 3.05) is 17.3 Å². The summed E-state index contributed by atoms with van der Waals surface area (Å²) in [5.41, 5.74) is 3.16. The minimum absolute atomic E-state index is 0.278. The molecule has 1 amide bonds. The molecule has 1 N–H and O–H groups in total. The van der Waals surface area contributed by atoms with Gasteiger partial charge >= 0.3 is 0 Å². The number of aryl methyl sites for hydroxylation is 1. The number of carbonyl (C=O) groups is 1. The maximum atomic E-state index is 12.2. The van der Waals surface area contributed by atoms with E-state index in [0.29, 0.717) is 5.82 Å². The molecule has 0 atom stereocenters. The topological polar surface area (TPSA) is 58.1 Å². The van der Waals surface area contributed by atoms with E-state index in [2.05, 4.69) is 15.3 Å². The molecule has 0 fully saturated rings. The van der Waals surface area contributed by atoms with E-state index in [1.807, 2.05) is 73.5 Å². The molecule has 24 heavy (non-hydrogen) atoms. The van der Waals surface area contributed by atoms with E-state index in [9.17, 15) is 4.79 Å². The Morgan fingerprint density at radius 1 is 0.958 bits per heavy atom. The van der Waals surface area contributed by atoms with Gasteiger partial charge in [-0.1, -0.05) is 35.9 Å². The van der Waals surface area contributed by atoms with Crippen molar-refractivity contribution in [1.29, 1.82) is 0 Å². The molecule has 0 aliphatic heterocycles. The van der Waals surface area contributed by atoms with Gasteiger partial charge in [-0.05, 0) is 31.2 Å². The number of rotatable bonds is 4. The molecule has 0 aliphatic rings. The highest BCUT2D eigenvalue weighted by Crippen LogP contribution is 2.20. The van der Waals surface area contributed by atoms with Crippen molar-refractivity contribution >= 4 is 23.1 Å². The zero-order chi connectivity index (χ0) is 16.9. The fraction of sp³-hybridized carbons (Fsp3) is 0.105. The van der Waals surface area contributed by atoms with Crippen molar-refractivity contribution < 1.29 is 4.79 Å². The highest BCUT2D eigenvalue weighted by atomic mass is 16.1. The summed E-state index contributed by atoms with van der Waals surface area (Å²) in [5, 5.41) is 2.81. The molecule has 0 spiro atoms. The lowest BCUT2D eigenvalue weighted by Gasteiger charge is -2.17. The van der Waals surface area contributed by atoms with Crippen molar-refractivity contribution in [3.8, 4) is 0 Å². The third kappa shape index (κ3) is 3.57. The number of hydrogen-bond acceptors (Lipinski definition) is 4. The molecule has 0 unspecified atom stereocenters. The normalized spacial score (nSPS) is 10.2. The molecule has 0 saturated heterocycles. The predicted molar refractivity (Wildman–Crippen MR) is 95.7 cm³/mol.